The second-order valence-electron chi connectivity index (χ2n) is 5.67. The van der Waals surface area contributed by atoms with Crippen molar-refractivity contribution >= 4 is 17.2 Å². The average Bonchev–Trinajstić information content (AvgIpc) is 3.07. The maximum atomic E-state index is 5.49. The summed E-state index contributed by atoms with van der Waals surface area (Å²) in [6.45, 7) is 0. The minimum atomic E-state index is 0.716. The summed E-state index contributed by atoms with van der Waals surface area (Å²) in [6, 6.07) is 15.7. The summed E-state index contributed by atoms with van der Waals surface area (Å²) < 4.78 is 12.8. The van der Waals surface area contributed by atoms with Gasteiger partial charge in [-0.15, -0.1) is 0 Å². The highest BCUT2D eigenvalue weighted by atomic mass is 16.5. The van der Waals surface area contributed by atoms with Crippen LogP contribution in [-0.4, -0.2) is 28.6 Å². The number of imidazole rings is 1. The van der Waals surface area contributed by atoms with Crippen LogP contribution < -0.4 is 14.8 Å². The lowest BCUT2D eigenvalue weighted by atomic mass is 10.1. The Balaban J connectivity index is 1.89. The van der Waals surface area contributed by atoms with Crippen molar-refractivity contribution < 1.29 is 9.47 Å². The van der Waals surface area contributed by atoms with Gasteiger partial charge in [0.1, 0.15) is 23.0 Å². The fraction of sp³-hybridized carbons (Fsp3) is 0.100. The summed E-state index contributed by atoms with van der Waals surface area (Å²) in [5, 5.41) is 3.46. The van der Waals surface area contributed by atoms with E-state index in [1.165, 1.54) is 0 Å². The SMILES string of the molecule is COc1ccc(OC)c(Nc2c(-c3ccccc3)nc3cnccn23)c1. The number of methoxy groups -OCH3 is 2. The summed E-state index contributed by atoms with van der Waals surface area (Å²) in [6.07, 6.45) is 5.35. The van der Waals surface area contributed by atoms with Crippen LogP contribution in [0.2, 0.25) is 0 Å². The minimum Gasteiger partial charge on any atom is -0.497 e. The molecule has 4 rings (SSSR count). The second-order valence-corrected chi connectivity index (χ2v) is 5.67. The molecule has 1 N–H and O–H groups in total. The maximum absolute atomic E-state index is 5.49. The van der Waals surface area contributed by atoms with Crippen LogP contribution in [0.15, 0.2) is 67.1 Å². The quantitative estimate of drug-likeness (QED) is 0.588. The van der Waals surface area contributed by atoms with Gasteiger partial charge in [0.25, 0.3) is 0 Å². The molecule has 4 aromatic rings. The molecule has 130 valence electrons. The molecular weight excluding hydrogens is 328 g/mol. The molecule has 2 aromatic carbocycles. The lowest BCUT2D eigenvalue weighted by molar-refractivity contribution is 0.405. The Labute approximate surface area is 151 Å². The standard InChI is InChI=1S/C20H18N4O2/c1-25-15-8-9-17(26-2)16(12-15)22-20-19(14-6-4-3-5-7-14)23-18-13-21-10-11-24(18)20/h3-13,22H,1-2H3. The van der Waals surface area contributed by atoms with Crippen LogP contribution in [0.1, 0.15) is 0 Å². The first-order chi connectivity index (χ1) is 12.8. The van der Waals surface area contributed by atoms with E-state index < -0.39 is 0 Å². The minimum absolute atomic E-state index is 0.716. The van der Waals surface area contributed by atoms with E-state index in [0.29, 0.717) is 5.75 Å². The van der Waals surface area contributed by atoms with Gasteiger partial charge in [0.05, 0.1) is 26.1 Å². The highest BCUT2D eigenvalue weighted by Gasteiger charge is 2.16. The molecule has 0 saturated heterocycles. The van der Waals surface area contributed by atoms with Gasteiger partial charge < -0.3 is 14.8 Å². The Morgan fingerprint density at radius 1 is 1.00 bits per heavy atom. The van der Waals surface area contributed by atoms with Gasteiger partial charge in [0.15, 0.2) is 5.65 Å². The number of nitrogens with one attached hydrogen (secondary N) is 1. The smallest absolute Gasteiger partial charge is 0.157 e. The third-order valence-corrected chi connectivity index (χ3v) is 4.14. The summed E-state index contributed by atoms with van der Waals surface area (Å²) >= 11 is 0. The Bertz CT molecular complexity index is 1040. The molecule has 0 spiro atoms. The number of aromatic nitrogens is 3. The molecule has 0 aliphatic carbocycles. The largest absolute Gasteiger partial charge is 0.497 e. The van der Waals surface area contributed by atoms with Crippen LogP contribution in [0.25, 0.3) is 16.9 Å². The molecule has 0 aliphatic heterocycles. The highest BCUT2D eigenvalue weighted by molar-refractivity contribution is 5.81. The van der Waals surface area contributed by atoms with E-state index >= 15 is 0 Å². The van der Waals surface area contributed by atoms with Crippen molar-refractivity contribution in [1.29, 1.82) is 0 Å². The Hall–Kier alpha value is -3.54. The van der Waals surface area contributed by atoms with Crippen LogP contribution >= 0.6 is 0 Å². The topological polar surface area (TPSA) is 60.7 Å². The van der Waals surface area contributed by atoms with Crippen molar-refractivity contribution in [1.82, 2.24) is 14.4 Å². The van der Waals surface area contributed by atoms with Crippen LogP contribution in [-0.2, 0) is 0 Å². The first-order valence-corrected chi connectivity index (χ1v) is 8.16. The van der Waals surface area contributed by atoms with E-state index in [2.05, 4.69) is 10.3 Å². The number of rotatable bonds is 5. The zero-order chi connectivity index (χ0) is 17.9. The predicted octanol–water partition coefficient (Wildman–Crippen LogP) is 4.16. The van der Waals surface area contributed by atoms with Crippen LogP contribution in [0.4, 0.5) is 11.5 Å². The fourth-order valence-electron chi connectivity index (χ4n) is 2.86. The zero-order valence-electron chi connectivity index (χ0n) is 14.5. The van der Waals surface area contributed by atoms with Crippen molar-refractivity contribution in [2.75, 3.05) is 19.5 Å². The van der Waals surface area contributed by atoms with Gasteiger partial charge >= 0.3 is 0 Å². The molecule has 2 heterocycles. The van der Waals surface area contributed by atoms with Crippen LogP contribution in [0.3, 0.4) is 0 Å². The number of benzene rings is 2. The lowest BCUT2D eigenvalue weighted by Gasteiger charge is -2.13. The summed E-state index contributed by atoms with van der Waals surface area (Å²) in [4.78, 5) is 8.92. The van der Waals surface area contributed by atoms with Crippen molar-refractivity contribution in [2.24, 2.45) is 0 Å². The Morgan fingerprint density at radius 3 is 2.62 bits per heavy atom. The van der Waals surface area contributed by atoms with Gasteiger partial charge in [-0.25, -0.2) is 4.98 Å². The van der Waals surface area contributed by atoms with E-state index in [1.807, 2.05) is 59.1 Å². The fourth-order valence-corrected chi connectivity index (χ4v) is 2.86. The molecule has 0 bridgehead atoms. The molecular formula is C20H18N4O2. The third-order valence-electron chi connectivity index (χ3n) is 4.14. The first kappa shape index (κ1) is 16.0. The number of hydrogen-bond acceptors (Lipinski definition) is 5. The maximum Gasteiger partial charge on any atom is 0.157 e. The van der Waals surface area contributed by atoms with Gasteiger partial charge in [-0.3, -0.25) is 9.38 Å². The lowest BCUT2D eigenvalue weighted by Crippen LogP contribution is -2.00. The first-order valence-electron chi connectivity index (χ1n) is 8.16. The molecule has 26 heavy (non-hydrogen) atoms. The van der Waals surface area contributed by atoms with Crippen LogP contribution in [0, 0.1) is 0 Å². The predicted molar refractivity (Wildman–Crippen MR) is 101 cm³/mol. The third kappa shape index (κ3) is 2.82. The monoisotopic (exact) mass is 346 g/mol. The van der Waals surface area contributed by atoms with E-state index in [-0.39, 0.29) is 0 Å². The average molecular weight is 346 g/mol. The van der Waals surface area contributed by atoms with Crippen LogP contribution in [0.5, 0.6) is 11.5 Å². The molecule has 0 amide bonds. The molecule has 0 fully saturated rings. The highest BCUT2D eigenvalue weighted by Crippen LogP contribution is 2.35. The van der Waals surface area contributed by atoms with E-state index in [4.69, 9.17) is 14.5 Å². The number of hydrogen-bond donors (Lipinski definition) is 1. The molecule has 0 unspecified atom stereocenters. The Kier molecular flexibility index (Phi) is 4.15. The van der Waals surface area contributed by atoms with E-state index in [9.17, 15) is 0 Å². The molecule has 2 aromatic heterocycles. The van der Waals surface area contributed by atoms with Gasteiger partial charge in [0, 0.05) is 24.0 Å². The number of fused-ring (bicyclic) bond motifs is 1. The molecule has 0 radical (unpaired) electrons. The molecule has 0 saturated carbocycles. The Morgan fingerprint density at radius 2 is 1.85 bits per heavy atom. The van der Waals surface area contributed by atoms with Gasteiger partial charge in [-0.05, 0) is 12.1 Å². The number of anilines is 2. The second kappa shape index (κ2) is 6.76. The van der Waals surface area contributed by atoms with Gasteiger partial charge in [-0.1, -0.05) is 30.3 Å². The van der Waals surface area contributed by atoms with Gasteiger partial charge in [-0.2, -0.15) is 0 Å². The van der Waals surface area contributed by atoms with Crippen molar-refractivity contribution in [3.63, 3.8) is 0 Å². The molecule has 0 aliphatic rings. The van der Waals surface area contributed by atoms with E-state index in [1.54, 1.807) is 26.6 Å². The summed E-state index contributed by atoms with van der Waals surface area (Å²) in [5.41, 5.74) is 3.40. The zero-order valence-corrected chi connectivity index (χ0v) is 14.5. The van der Waals surface area contributed by atoms with Crippen molar-refractivity contribution in [3.8, 4) is 22.8 Å². The van der Waals surface area contributed by atoms with Crippen molar-refractivity contribution in [3.05, 3.63) is 67.1 Å². The van der Waals surface area contributed by atoms with E-state index in [0.717, 1.165) is 34.2 Å². The molecule has 6 heteroatoms. The molecule has 6 nitrogen and oxygen atoms in total. The summed E-state index contributed by atoms with van der Waals surface area (Å²) in [5.74, 6) is 2.29. The number of nitrogens with zero attached hydrogens (tertiary/aromatic N) is 3. The van der Waals surface area contributed by atoms with Crippen molar-refractivity contribution in [2.45, 2.75) is 0 Å². The molecule has 0 atom stereocenters. The van der Waals surface area contributed by atoms with Gasteiger partial charge in [0.2, 0.25) is 0 Å². The number of ether oxygens (including phenoxy) is 2. The normalized spacial score (nSPS) is 10.7. The summed E-state index contributed by atoms with van der Waals surface area (Å²) in [7, 11) is 3.28.